The molecule has 12 nitrogen and oxygen atoms in total. The molecule has 1 aromatic heterocycles. The number of hydrogen-bond acceptors (Lipinski definition) is 10. The van der Waals surface area contributed by atoms with Crippen LogP contribution in [0.2, 0.25) is 0 Å². The Bertz CT molecular complexity index is 2940. The molecule has 6 aromatic rings. The zero-order chi connectivity index (χ0) is 51.3. The van der Waals surface area contributed by atoms with E-state index in [0.29, 0.717) is 24.1 Å². The Hall–Kier alpha value is -5.84. The second kappa shape index (κ2) is 22.7. The minimum Gasteiger partial charge on any atom is -0.393 e. The molecule has 0 spiro atoms. The Balaban J connectivity index is 0.838. The monoisotopic (exact) mass is 1030 g/mol. The van der Waals surface area contributed by atoms with Gasteiger partial charge in [-0.3, -0.25) is 9.52 Å². The lowest BCUT2D eigenvalue weighted by molar-refractivity contribution is -0.00556. The summed E-state index contributed by atoms with van der Waals surface area (Å²) >= 11 is 1.81. The molecule has 1 aliphatic carbocycles. The van der Waals surface area contributed by atoms with Crippen LogP contribution in [0.5, 0.6) is 0 Å². The molecule has 1 amide bonds. The van der Waals surface area contributed by atoms with Gasteiger partial charge in [0.2, 0.25) is 0 Å². The SMILES string of the molecule is Cc1cc(S(=O)(=O)Nc2ccc(N3CCN(c4cccc(-c5c(C(=O)NC6CCC(O)CC6)c(C)n(C)c5-c5ccc(F)cc5)c4)CC3)cc2)ccc1N[C@H](CCN1CCC(C)(O)CC1)CSc1ccccc1. The number of rotatable bonds is 17. The topological polar surface area (TPSA) is 142 Å². The number of halogens is 1. The summed E-state index contributed by atoms with van der Waals surface area (Å²) in [7, 11) is -1.93. The van der Waals surface area contributed by atoms with Gasteiger partial charge in [-0.1, -0.05) is 30.3 Å². The number of thioether (sulfide) groups is 1. The van der Waals surface area contributed by atoms with Crippen LogP contribution in [0.4, 0.5) is 27.1 Å². The highest BCUT2D eigenvalue weighted by molar-refractivity contribution is 7.99. The first-order valence-corrected chi connectivity index (χ1v) is 28.2. The number of amides is 1. The lowest BCUT2D eigenvalue weighted by Gasteiger charge is -2.37. The molecule has 3 heterocycles. The fraction of sp³-hybridized carbons (Fsp3) is 0.397. The zero-order valence-electron chi connectivity index (χ0n) is 42.5. The Labute approximate surface area is 435 Å². The summed E-state index contributed by atoms with van der Waals surface area (Å²) in [4.78, 5) is 22.7. The zero-order valence-corrected chi connectivity index (χ0v) is 44.1. The highest BCUT2D eigenvalue weighted by Gasteiger charge is 2.31. The number of sulfonamides is 1. The third-order valence-electron chi connectivity index (χ3n) is 15.1. The molecular formula is C58H70FN7O5S2. The number of benzene rings is 5. The number of piperazine rings is 1. The third-order valence-corrected chi connectivity index (χ3v) is 17.7. The van der Waals surface area contributed by atoms with Crippen molar-refractivity contribution in [3.05, 3.63) is 144 Å². The Morgan fingerprint density at radius 3 is 2.14 bits per heavy atom. The van der Waals surface area contributed by atoms with Crippen molar-refractivity contribution in [2.24, 2.45) is 7.05 Å². The highest BCUT2D eigenvalue weighted by Crippen LogP contribution is 2.41. The number of carbonyl (C=O) groups excluding carboxylic acids is 1. The first-order chi connectivity index (χ1) is 35.1. The minimum absolute atomic E-state index is 0.0199. The summed E-state index contributed by atoms with van der Waals surface area (Å²) < 4.78 is 46.6. The molecular weight excluding hydrogens is 958 g/mol. The quantitative estimate of drug-likeness (QED) is 0.0561. The van der Waals surface area contributed by atoms with Crippen LogP contribution in [0.1, 0.15) is 73.5 Å². The number of nitrogens with one attached hydrogen (secondary N) is 3. The molecule has 9 rings (SSSR count). The van der Waals surface area contributed by atoms with Gasteiger partial charge in [0.05, 0.1) is 27.9 Å². The number of aliphatic hydroxyl groups is 2. The smallest absolute Gasteiger partial charge is 0.261 e. The maximum atomic E-state index is 14.2. The maximum absolute atomic E-state index is 14.2. The largest absolute Gasteiger partial charge is 0.393 e. The Morgan fingerprint density at radius 2 is 1.47 bits per heavy atom. The number of aryl methyl sites for hydroxylation is 1. The van der Waals surface area contributed by atoms with Crippen molar-refractivity contribution in [2.75, 3.05) is 71.4 Å². The van der Waals surface area contributed by atoms with E-state index in [-0.39, 0.29) is 34.8 Å². The first-order valence-electron chi connectivity index (χ1n) is 25.8. The number of nitrogens with zero attached hydrogens (tertiary/aromatic N) is 4. The van der Waals surface area contributed by atoms with E-state index in [4.69, 9.17) is 0 Å². The molecule has 2 aliphatic heterocycles. The van der Waals surface area contributed by atoms with Gasteiger partial charge in [0.1, 0.15) is 5.82 Å². The third kappa shape index (κ3) is 12.7. The molecule has 3 aliphatic rings. The van der Waals surface area contributed by atoms with Crippen LogP contribution in [-0.4, -0.2) is 109 Å². The molecule has 0 bridgehead atoms. The normalized spacial score (nSPS) is 18.8. The minimum atomic E-state index is -3.87. The van der Waals surface area contributed by atoms with Crippen molar-refractivity contribution >= 4 is 50.4 Å². The number of carbonyl (C=O) groups is 1. The van der Waals surface area contributed by atoms with Crippen LogP contribution in [-0.2, 0) is 17.1 Å². The summed E-state index contributed by atoms with van der Waals surface area (Å²) in [5, 5.41) is 27.6. The highest BCUT2D eigenvalue weighted by atomic mass is 32.2. The van der Waals surface area contributed by atoms with Gasteiger partial charge in [-0.05, 0) is 173 Å². The second-order valence-electron chi connectivity index (χ2n) is 20.5. The molecule has 386 valence electrons. The van der Waals surface area contributed by atoms with Crippen LogP contribution in [0.15, 0.2) is 131 Å². The lowest BCUT2D eigenvalue weighted by atomic mass is 9.92. The molecule has 1 atom stereocenters. The number of aliphatic hydroxyl groups excluding tert-OH is 1. The molecule has 1 saturated carbocycles. The maximum Gasteiger partial charge on any atom is 0.261 e. The number of hydrogen-bond donors (Lipinski definition) is 5. The molecule has 3 fully saturated rings. The van der Waals surface area contributed by atoms with Crippen LogP contribution < -0.4 is 25.2 Å². The molecule has 5 aromatic carbocycles. The van der Waals surface area contributed by atoms with Gasteiger partial charge in [0, 0.05) is 110 Å². The van der Waals surface area contributed by atoms with Crippen LogP contribution in [0.25, 0.3) is 22.4 Å². The average molecular weight is 1030 g/mol. The second-order valence-corrected chi connectivity index (χ2v) is 23.3. The number of piperidine rings is 1. The van der Waals surface area contributed by atoms with Gasteiger partial charge >= 0.3 is 0 Å². The predicted molar refractivity (Wildman–Crippen MR) is 295 cm³/mol. The van der Waals surface area contributed by atoms with Gasteiger partial charge in [-0.15, -0.1) is 11.8 Å². The van der Waals surface area contributed by atoms with Gasteiger partial charge in [0.25, 0.3) is 15.9 Å². The van der Waals surface area contributed by atoms with E-state index in [1.54, 1.807) is 24.3 Å². The van der Waals surface area contributed by atoms with Crippen molar-refractivity contribution < 1.29 is 27.8 Å². The van der Waals surface area contributed by atoms with E-state index in [1.807, 2.05) is 92.7 Å². The summed E-state index contributed by atoms with van der Waals surface area (Å²) in [6, 6.07) is 38.0. The summed E-state index contributed by atoms with van der Waals surface area (Å²) in [5.41, 5.74) is 8.44. The Morgan fingerprint density at radius 1 is 0.795 bits per heavy atom. The van der Waals surface area contributed by atoms with Crippen molar-refractivity contribution in [2.45, 2.75) is 99.3 Å². The standard InChI is InChI=1S/C58H70FN7O5S2/c1-40-37-52(25-26-53(40)60-47(39-72-51-11-6-5-7-12-51)27-30-64-31-28-58(3,69)29-32-64)73(70,71)62-46-17-21-48(22-18-46)65-33-35-66(36-34-65)49-10-8-9-43(38-49)55-54(57(68)61-45-19-23-50(67)24-20-45)41(2)63(4)56(55)42-13-15-44(59)16-14-42/h5-18,21-22,25-26,37-38,45,47,50,60,62,67,69H,19-20,23-24,27-36,39H2,1-4H3,(H,61,68)/t45?,47-,50?/m1/s1. The fourth-order valence-electron chi connectivity index (χ4n) is 10.5. The van der Waals surface area contributed by atoms with E-state index < -0.39 is 15.6 Å². The van der Waals surface area contributed by atoms with E-state index in [2.05, 4.69) is 66.5 Å². The van der Waals surface area contributed by atoms with Crippen LogP contribution in [0, 0.1) is 19.7 Å². The first kappa shape index (κ1) is 52.0. The number of aromatic nitrogens is 1. The van der Waals surface area contributed by atoms with Crippen LogP contribution >= 0.6 is 11.8 Å². The van der Waals surface area contributed by atoms with E-state index in [9.17, 15) is 27.8 Å². The lowest BCUT2D eigenvalue weighted by Crippen LogP contribution is -2.46. The molecule has 2 saturated heterocycles. The predicted octanol–water partition coefficient (Wildman–Crippen LogP) is 10.1. The van der Waals surface area contributed by atoms with E-state index in [1.165, 1.54) is 17.0 Å². The van der Waals surface area contributed by atoms with E-state index >= 15 is 0 Å². The van der Waals surface area contributed by atoms with Gasteiger partial charge < -0.3 is 40.1 Å². The number of anilines is 4. The van der Waals surface area contributed by atoms with Crippen molar-refractivity contribution in [1.29, 1.82) is 0 Å². The van der Waals surface area contributed by atoms with Crippen molar-refractivity contribution in [3.8, 4) is 22.4 Å². The molecule has 5 N–H and O–H groups in total. The van der Waals surface area contributed by atoms with Crippen LogP contribution in [0.3, 0.4) is 0 Å². The van der Waals surface area contributed by atoms with Gasteiger partial charge in [0.15, 0.2) is 0 Å². The summed E-state index contributed by atoms with van der Waals surface area (Å²) in [6.45, 7) is 11.5. The van der Waals surface area contributed by atoms with E-state index in [0.717, 1.165) is 134 Å². The Kier molecular flexibility index (Phi) is 16.2. The summed E-state index contributed by atoms with van der Waals surface area (Å²) in [6.07, 6.45) is 4.90. The van der Waals surface area contributed by atoms with Gasteiger partial charge in [-0.25, -0.2) is 12.8 Å². The number of likely N-dealkylation sites (tertiary alicyclic amines) is 1. The summed E-state index contributed by atoms with van der Waals surface area (Å²) in [5.74, 6) is 0.376. The van der Waals surface area contributed by atoms with Crippen molar-refractivity contribution in [3.63, 3.8) is 0 Å². The van der Waals surface area contributed by atoms with Gasteiger partial charge in [-0.2, -0.15) is 0 Å². The van der Waals surface area contributed by atoms with Crippen molar-refractivity contribution in [1.82, 2.24) is 14.8 Å². The average Bonchev–Trinajstić information content (AvgIpc) is 3.66. The fourth-order valence-corrected chi connectivity index (χ4v) is 12.6. The molecule has 15 heteroatoms. The molecule has 0 radical (unpaired) electrons. The molecule has 73 heavy (non-hydrogen) atoms. The molecule has 0 unspecified atom stereocenters.